The molecule has 1 amide bonds. The predicted molar refractivity (Wildman–Crippen MR) is 119 cm³/mol. The number of benzene rings is 1. The number of aromatic nitrogens is 3. The number of nitrogens with zero attached hydrogens (tertiary/aromatic N) is 4. The van der Waals surface area contributed by atoms with E-state index in [-0.39, 0.29) is 22.3 Å². The Bertz CT molecular complexity index is 1410. The van der Waals surface area contributed by atoms with E-state index >= 15 is 0 Å². The number of carbonyl (C=O) groups excluding carboxylic acids is 1. The summed E-state index contributed by atoms with van der Waals surface area (Å²) in [5, 5.41) is 4.79. The van der Waals surface area contributed by atoms with Crippen molar-refractivity contribution >= 4 is 44.3 Å². The molecule has 0 spiro atoms. The molecule has 1 aliphatic carbocycles. The maximum absolute atomic E-state index is 12.9. The van der Waals surface area contributed by atoms with Gasteiger partial charge in [-0.15, -0.1) is 0 Å². The molecule has 1 saturated heterocycles. The summed E-state index contributed by atoms with van der Waals surface area (Å²) in [4.78, 5) is 18.1. The van der Waals surface area contributed by atoms with Gasteiger partial charge in [0.15, 0.2) is 0 Å². The van der Waals surface area contributed by atoms with Crippen LogP contribution in [0.25, 0.3) is 10.9 Å². The molecular formula is C21H19ClF3N5O3S. The molecule has 13 heteroatoms. The van der Waals surface area contributed by atoms with Gasteiger partial charge in [0, 0.05) is 43.2 Å². The normalized spacial score (nSPS) is 17.1. The molecule has 1 N–H and O–H groups in total. The van der Waals surface area contributed by atoms with E-state index < -0.39 is 32.9 Å². The molecule has 1 aliphatic heterocycles. The minimum atomic E-state index is -4.52. The maximum atomic E-state index is 12.9. The number of hydrogen-bond donors (Lipinski definition) is 1. The highest BCUT2D eigenvalue weighted by atomic mass is 35.5. The molecule has 2 fully saturated rings. The van der Waals surface area contributed by atoms with Crippen LogP contribution >= 0.6 is 11.6 Å². The van der Waals surface area contributed by atoms with Crippen LogP contribution in [-0.4, -0.2) is 47.4 Å². The van der Waals surface area contributed by atoms with E-state index in [0.29, 0.717) is 31.4 Å². The zero-order valence-electron chi connectivity index (χ0n) is 17.8. The van der Waals surface area contributed by atoms with Crippen LogP contribution in [0.1, 0.15) is 40.4 Å². The Balaban J connectivity index is 1.33. The van der Waals surface area contributed by atoms with Crippen molar-refractivity contribution in [2.75, 3.05) is 18.0 Å². The van der Waals surface area contributed by atoms with E-state index in [1.165, 1.54) is 0 Å². The zero-order chi connectivity index (χ0) is 24.4. The molecule has 3 heterocycles. The smallest absolute Gasteiger partial charge is 0.354 e. The van der Waals surface area contributed by atoms with Gasteiger partial charge in [0.05, 0.1) is 27.0 Å². The van der Waals surface area contributed by atoms with E-state index in [2.05, 4.69) is 14.8 Å². The second kappa shape index (κ2) is 7.84. The lowest BCUT2D eigenvalue weighted by atomic mass is 9.93. The standard InChI is InChI=1S/C21H19ClF3N5O3S/c1-29-17-6-11(20(31)28-34(32,33)14-3-4-14)2-5-15(17)18(27-29)12-9-30(10-12)19-16(22)7-13(8-26-19)21(23,24)25/h2,5-8,12,14H,3-4,9-10H2,1H3,(H,28,31). The average molecular weight is 514 g/mol. The number of fused-ring (bicyclic) bond motifs is 1. The SMILES string of the molecule is Cn1nc(C2CN(c3ncc(C(F)(F)F)cc3Cl)C2)c2ccc(C(=O)NS(=O)(=O)C3CC3)cc21. The molecule has 0 radical (unpaired) electrons. The van der Waals surface area contributed by atoms with Crippen molar-refractivity contribution in [3.8, 4) is 0 Å². The zero-order valence-corrected chi connectivity index (χ0v) is 19.4. The summed E-state index contributed by atoms with van der Waals surface area (Å²) < 4.78 is 66.4. The Morgan fingerprint density at radius 2 is 1.91 bits per heavy atom. The van der Waals surface area contributed by atoms with Crippen LogP contribution < -0.4 is 9.62 Å². The highest BCUT2D eigenvalue weighted by Gasteiger charge is 2.38. The molecule has 0 bridgehead atoms. The molecule has 0 atom stereocenters. The first kappa shape index (κ1) is 22.9. The van der Waals surface area contributed by atoms with Crippen LogP contribution in [-0.2, 0) is 23.2 Å². The molecule has 2 aliphatic rings. The molecule has 8 nitrogen and oxygen atoms in total. The van der Waals surface area contributed by atoms with Gasteiger partial charge >= 0.3 is 6.18 Å². The lowest BCUT2D eigenvalue weighted by molar-refractivity contribution is -0.137. The Labute approximate surface area is 197 Å². The number of amides is 1. The topological polar surface area (TPSA) is 97.2 Å². The van der Waals surface area contributed by atoms with Crippen molar-refractivity contribution < 1.29 is 26.4 Å². The third kappa shape index (κ3) is 4.09. The number of aryl methyl sites for hydroxylation is 1. The number of carbonyl (C=O) groups is 1. The third-order valence-electron chi connectivity index (χ3n) is 6.06. The highest BCUT2D eigenvalue weighted by Crippen LogP contribution is 2.39. The van der Waals surface area contributed by atoms with Crippen LogP contribution in [0.4, 0.5) is 19.0 Å². The summed E-state index contributed by atoms with van der Waals surface area (Å²) in [5.74, 6) is -0.421. The molecule has 34 heavy (non-hydrogen) atoms. The van der Waals surface area contributed by atoms with Crippen LogP contribution in [0.2, 0.25) is 5.02 Å². The highest BCUT2D eigenvalue weighted by molar-refractivity contribution is 7.91. The van der Waals surface area contributed by atoms with Crippen molar-refractivity contribution in [1.82, 2.24) is 19.5 Å². The minimum Gasteiger partial charge on any atom is -0.354 e. The minimum absolute atomic E-state index is 0.0150. The number of anilines is 1. The summed E-state index contributed by atoms with van der Waals surface area (Å²) in [6.45, 7) is 0.929. The molecule has 5 rings (SSSR count). The lowest BCUT2D eigenvalue weighted by Gasteiger charge is -2.40. The quantitative estimate of drug-likeness (QED) is 0.561. The maximum Gasteiger partial charge on any atom is 0.417 e. The van der Waals surface area contributed by atoms with Gasteiger partial charge in [-0.1, -0.05) is 17.7 Å². The largest absolute Gasteiger partial charge is 0.417 e. The van der Waals surface area contributed by atoms with Crippen LogP contribution in [0.5, 0.6) is 0 Å². The number of rotatable bonds is 5. The van der Waals surface area contributed by atoms with Gasteiger partial charge in [-0.2, -0.15) is 18.3 Å². The van der Waals surface area contributed by atoms with Gasteiger partial charge in [0.25, 0.3) is 5.91 Å². The van der Waals surface area contributed by atoms with Crippen molar-refractivity contribution in [3.05, 3.63) is 52.3 Å². The summed E-state index contributed by atoms with van der Waals surface area (Å²) in [7, 11) is -1.93. The molecule has 2 aromatic heterocycles. The van der Waals surface area contributed by atoms with Crippen molar-refractivity contribution in [1.29, 1.82) is 0 Å². The van der Waals surface area contributed by atoms with E-state index in [1.807, 2.05) is 0 Å². The summed E-state index contributed by atoms with van der Waals surface area (Å²) in [5.41, 5.74) is 0.742. The van der Waals surface area contributed by atoms with Crippen molar-refractivity contribution in [2.24, 2.45) is 7.05 Å². The fourth-order valence-electron chi connectivity index (χ4n) is 4.02. The molecule has 1 saturated carbocycles. The number of sulfonamides is 1. The Kier molecular flexibility index (Phi) is 5.28. The second-order valence-corrected chi connectivity index (χ2v) is 10.9. The first-order chi connectivity index (χ1) is 15.9. The van der Waals surface area contributed by atoms with Gasteiger partial charge in [0.2, 0.25) is 10.0 Å². The third-order valence-corrected chi connectivity index (χ3v) is 8.15. The van der Waals surface area contributed by atoms with E-state index in [4.69, 9.17) is 11.6 Å². The van der Waals surface area contributed by atoms with Crippen molar-refractivity contribution in [2.45, 2.75) is 30.2 Å². The first-order valence-corrected chi connectivity index (χ1v) is 12.4. The van der Waals surface area contributed by atoms with Gasteiger partial charge in [-0.25, -0.2) is 18.1 Å². The fourth-order valence-corrected chi connectivity index (χ4v) is 5.61. The monoisotopic (exact) mass is 513 g/mol. The number of alkyl halides is 3. The van der Waals surface area contributed by atoms with Gasteiger partial charge in [-0.3, -0.25) is 9.48 Å². The second-order valence-electron chi connectivity index (χ2n) is 8.55. The average Bonchev–Trinajstić information content (AvgIpc) is 3.53. The lowest BCUT2D eigenvalue weighted by Crippen LogP contribution is -2.46. The number of pyridine rings is 1. The molecule has 0 unspecified atom stereocenters. The van der Waals surface area contributed by atoms with E-state index in [0.717, 1.165) is 23.3 Å². The molecule has 180 valence electrons. The van der Waals surface area contributed by atoms with E-state index in [9.17, 15) is 26.4 Å². The van der Waals surface area contributed by atoms with Crippen LogP contribution in [0, 0.1) is 0 Å². The first-order valence-electron chi connectivity index (χ1n) is 10.4. The number of nitrogens with one attached hydrogen (secondary N) is 1. The molecule has 3 aromatic rings. The molecule has 1 aromatic carbocycles. The Morgan fingerprint density at radius 3 is 2.53 bits per heavy atom. The summed E-state index contributed by atoms with van der Waals surface area (Å²) >= 11 is 6.05. The number of halogens is 4. The fraction of sp³-hybridized carbons (Fsp3) is 0.381. The summed E-state index contributed by atoms with van der Waals surface area (Å²) in [6.07, 6.45) is -2.64. The number of hydrogen-bond acceptors (Lipinski definition) is 6. The van der Waals surface area contributed by atoms with E-state index in [1.54, 1.807) is 34.8 Å². The predicted octanol–water partition coefficient (Wildman–Crippen LogP) is 3.47. The van der Waals surface area contributed by atoms with Gasteiger partial charge in [0.1, 0.15) is 5.82 Å². The van der Waals surface area contributed by atoms with Crippen molar-refractivity contribution in [3.63, 3.8) is 0 Å². The van der Waals surface area contributed by atoms with Crippen LogP contribution in [0.15, 0.2) is 30.5 Å². The van der Waals surface area contributed by atoms with Crippen LogP contribution in [0.3, 0.4) is 0 Å². The van der Waals surface area contributed by atoms with Gasteiger partial charge < -0.3 is 4.90 Å². The Hall–Kier alpha value is -2.86. The van der Waals surface area contributed by atoms with Gasteiger partial charge in [-0.05, 0) is 31.0 Å². The Morgan fingerprint density at radius 1 is 1.21 bits per heavy atom. The summed E-state index contributed by atoms with van der Waals surface area (Å²) in [6, 6.07) is 5.73. The molecular weight excluding hydrogens is 495 g/mol.